The van der Waals surface area contributed by atoms with E-state index in [0.717, 1.165) is 30.0 Å². The largest absolute Gasteiger partial charge is 0.348 e. The van der Waals surface area contributed by atoms with E-state index in [1.807, 2.05) is 36.4 Å². The van der Waals surface area contributed by atoms with Crippen LogP contribution in [0.2, 0.25) is 0 Å². The van der Waals surface area contributed by atoms with Crippen LogP contribution in [-0.2, 0) is 0 Å². The molecule has 5 heteroatoms. The summed E-state index contributed by atoms with van der Waals surface area (Å²) in [5, 5.41) is 7.68. The lowest BCUT2D eigenvalue weighted by molar-refractivity contribution is 0.0913. The van der Waals surface area contributed by atoms with Gasteiger partial charge in [0.1, 0.15) is 0 Å². The maximum absolute atomic E-state index is 12.8. The van der Waals surface area contributed by atoms with Gasteiger partial charge in [-0.15, -0.1) is 0 Å². The number of benzene rings is 2. The smallest absolute Gasteiger partial charge is 0.272 e. The molecule has 2 N–H and O–H groups in total. The van der Waals surface area contributed by atoms with E-state index in [9.17, 15) is 9.59 Å². The van der Waals surface area contributed by atoms with E-state index in [1.165, 1.54) is 0 Å². The Hall–Kier alpha value is -3.21. The topological polar surface area (TPSA) is 71.1 Å². The highest BCUT2D eigenvalue weighted by molar-refractivity contribution is 6.14. The van der Waals surface area contributed by atoms with Crippen LogP contribution in [0.1, 0.15) is 40.1 Å². The Balaban J connectivity index is 1.60. The second kappa shape index (κ2) is 6.96. The van der Waals surface area contributed by atoms with E-state index >= 15 is 0 Å². The summed E-state index contributed by atoms with van der Waals surface area (Å²) in [5.41, 5.74) is 1.23. The Morgan fingerprint density at radius 3 is 2.54 bits per heavy atom. The first-order valence-electron chi connectivity index (χ1n) is 8.77. The minimum atomic E-state index is -0.257. The zero-order valence-electron chi connectivity index (χ0n) is 14.2. The van der Waals surface area contributed by atoms with Gasteiger partial charge >= 0.3 is 0 Å². The highest BCUT2D eigenvalue weighted by Crippen LogP contribution is 2.22. The van der Waals surface area contributed by atoms with Gasteiger partial charge in [-0.3, -0.25) is 9.59 Å². The van der Waals surface area contributed by atoms with Gasteiger partial charge in [0.25, 0.3) is 11.8 Å². The van der Waals surface area contributed by atoms with Crippen LogP contribution in [0.15, 0.2) is 60.8 Å². The molecular formula is C21H19N3O2. The fourth-order valence-corrected chi connectivity index (χ4v) is 3.11. The minimum Gasteiger partial charge on any atom is -0.348 e. The lowest BCUT2D eigenvalue weighted by Gasteiger charge is -2.26. The van der Waals surface area contributed by atoms with E-state index in [0.29, 0.717) is 11.3 Å². The molecule has 0 unspecified atom stereocenters. The van der Waals surface area contributed by atoms with E-state index in [-0.39, 0.29) is 23.6 Å². The van der Waals surface area contributed by atoms with Crippen LogP contribution in [0.25, 0.3) is 10.8 Å². The molecule has 130 valence electrons. The first-order valence-corrected chi connectivity index (χ1v) is 8.77. The van der Waals surface area contributed by atoms with Crippen LogP contribution >= 0.6 is 0 Å². The number of anilines is 1. The normalized spacial score (nSPS) is 13.8. The third kappa shape index (κ3) is 3.16. The second-order valence-corrected chi connectivity index (χ2v) is 6.48. The van der Waals surface area contributed by atoms with Crippen LogP contribution in [-0.4, -0.2) is 22.8 Å². The SMILES string of the molecule is O=C(NC1CCC1)c1ncccc1NC(=O)c1cccc2ccccc12. The van der Waals surface area contributed by atoms with Crippen molar-refractivity contribution in [3.8, 4) is 0 Å². The molecule has 1 fully saturated rings. The Morgan fingerprint density at radius 2 is 1.73 bits per heavy atom. The summed E-state index contributed by atoms with van der Waals surface area (Å²) in [5.74, 6) is -0.504. The van der Waals surface area contributed by atoms with Gasteiger partial charge in [0.2, 0.25) is 0 Å². The summed E-state index contributed by atoms with van der Waals surface area (Å²) < 4.78 is 0. The molecule has 26 heavy (non-hydrogen) atoms. The quantitative estimate of drug-likeness (QED) is 0.756. The number of hydrogen-bond acceptors (Lipinski definition) is 3. The molecule has 1 aliphatic rings. The van der Waals surface area contributed by atoms with Crippen LogP contribution in [0, 0.1) is 0 Å². The molecule has 1 saturated carbocycles. The molecule has 0 aliphatic heterocycles. The summed E-state index contributed by atoms with van der Waals surface area (Å²) >= 11 is 0. The summed E-state index contributed by atoms with van der Waals surface area (Å²) in [6.07, 6.45) is 4.69. The molecule has 1 aromatic heterocycles. The molecule has 5 nitrogen and oxygen atoms in total. The number of carbonyl (C=O) groups excluding carboxylic acids is 2. The molecule has 2 aromatic carbocycles. The van der Waals surface area contributed by atoms with Crippen molar-refractivity contribution in [3.05, 3.63) is 72.1 Å². The van der Waals surface area contributed by atoms with Crippen LogP contribution in [0.4, 0.5) is 5.69 Å². The average molecular weight is 345 g/mol. The predicted molar refractivity (Wildman–Crippen MR) is 101 cm³/mol. The second-order valence-electron chi connectivity index (χ2n) is 6.48. The first-order chi connectivity index (χ1) is 12.7. The van der Waals surface area contributed by atoms with Gasteiger partial charge in [-0.2, -0.15) is 0 Å². The van der Waals surface area contributed by atoms with Gasteiger partial charge in [-0.1, -0.05) is 36.4 Å². The lowest BCUT2D eigenvalue weighted by Crippen LogP contribution is -2.40. The summed E-state index contributed by atoms with van der Waals surface area (Å²) in [6, 6.07) is 16.9. The van der Waals surface area contributed by atoms with E-state index in [1.54, 1.807) is 24.4 Å². The summed E-state index contributed by atoms with van der Waals surface area (Å²) in [6.45, 7) is 0. The van der Waals surface area contributed by atoms with Crippen molar-refractivity contribution in [2.24, 2.45) is 0 Å². The number of amides is 2. The van der Waals surface area contributed by atoms with Crippen molar-refractivity contribution in [1.29, 1.82) is 0 Å². The number of nitrogens with zero attached hydrogens (tertiary/aromatic N) is 1. The summed E-state index contributed by atoms with van der Waals surface area (Å²) in [4.78, 5) is 29.5. The molecule has 1 aliphatic carbocycles. The van der Waals surface area contributed by atoms with E-state index < -0.39 is 0 Å². The van der Waals surface area contributed by atoms with Crippen LogP contribution < -0.4 is 10.6 Å². The number of pyridine rings is 1. The first kappa shape index (κ1) is 16.3. The van der Waals surface area contributed by atoms with Gasteiger partial charge < -0.3 is 10.6 Å². The Kier molecular flexibility index (Phi) is 4.35. The Morgan fingerprint density at radius 1 is 0.923 bits per heavy atom. The monoisotopic (exact) mass is 345 g/mol. The number of fused-ring (bicyclic) bond motifs is 1. The Labute approximate surface area is 151 Å². The Bertz CT molecular complexity index is 974. The molecule has 0 atom stereocenters. The van der Waals surface area contributed by atoms with E-state index in [2.05, 4.69) is 15.6 Å². The molecule has 2 amide bonds. The molecule has 4 rings (SSSR count). The standard InChI is InChI=1S/C21H19N3O2/c25-20(17-11-3-7-14-6-1-2-10-16(14)17)24-18-12-5-13-22-19(18)21(26)23-15-8-4-9-15/h1-3,5-7,10-13,15H,4,8-9H2,(H,23,26)(H,24,25). The fraction of sp³-hybridized carbons (Fsp3) is 0.190. The molecule has 0 radical (unpaired) electrons. The number of nitrogens with one attached hydrogen (secondary N) is 2. The van der Waals surface area contributed by atoms with Crippen LogP contribution in [0.5, 0.6) is 0 Å². The van der Waals surface area contributed by atoms with Crippen LogP contribution in [0.3, 0.4) is 0 Å². The van der Waals surface area contributed by atoms with Crippen molar-refractivity contribution in [1.82, 2.24) is 10.3 Å². The molecule has 3 aromatic rings. The number of hydrogen-bond donors (Lipinski definition) is 2. The molecule has 1 heterocycles. The fourth-order valence-electron chi connectivity index (χ4n) is 3.11. The van der Waals surface area contributed by atoms with Gasteiger partial charge in [0.15, 0.2) is 5.69 Å². The maximum Gasteiger partial charge on any atom is 0.272 e. The van der Waals surface area contributed by atoms with Crippen molar-refractivity contribution in [2.75, 3.05) is 5.32 Å². The van der Waals surface area contributed by atoms with Crippen molar-refractivity contribution in [2.45, 2.75) is 25.3 Å². The maximum atomic E-state index is 12.8. The molecule has 0 saturated heterocycles. The third-order valence-corrected chi connectivity index (χ3v) is 4.75. The van der Waals surface area contributed by atoms with E-state index in [4.69, 9.17) is 0 Å². The number of carbonyl (C=O) groups is 2. The zero-order valence-corrected chi connectivity index (χ0v) is 14.2. The van der Waals surface area contributed by atoms with Crippen molar-refractivity contribution >= 4 is 28.3 Å². The average Bonchev–Trinajstić information content (AvgIpc) is 2.64. The minimum absolute atomic E-state index is 0.214. The predicted octanol–water partition coefficient (Wildman–Crippen LogP) is 3.77. The molecule has 0 spiro atoms. The highest BCUT2D eigenvalue weighted by Gasteiger charge is 2.23. The third-order valence-electron chi connectivity index (χ3n) is 4.75. The van der Waals surface area contributed by atoms with Crippen molar-refractivity contribution < 1.29 is 9.59 Å². The van der Waals surface area contributed by atoms with Gasteiger partial charge in [-0.05, 0) is 48.2 Å². The van der Waals surface area contributed by atoms with Gasteiger partial charge in [-0.25, -0.2) is 4.98 Å². The zero-order chi connectivity index (χ0) is 17.9. The lowest BCUT2D eigenvalue weighted by atomic mass is 9.93. The van der Waals surface area contributed by atoms with Gasteiger partial charge in [0, 0.05) is 17.8 Å². The molecular weight excluding hydrogens is 326 g/mol. The van der Waals surface area contributed by atoms with Gasteiger partial charge in [0.05, 0.1) is 5.69 Å². The number of rotatable bonds is 4. The summed E-state index contributed by atoms with van der Waals surface area (Å²) in [7, 11) is 0. The van der Waals surface area contributed by atoms with Crippen molar-refractivity contribution in [3.63, 3.8) is 0 Å². The molecule has 0 bridgehead atoms. The highest BCUT2D eigenvalue weighted by atomic mass is 16.2. The number of aromatic nitrogens is 1.